The van der Waals surface area contributed by atoms with Crippen molar-refractivity contribution in [2.75, 3.05) is 13.1 Å². The predicted molar refractivity (Wildman–Crippen MR) is 81.1 cm³/mol. The Kier molecular flexibility index (Phi) is 6.77. The number of carbonyl (C=O) groups is 3. The topological polar surface area (TPSA) is 120 Å². The van der Waals surface area contributed by atoms with E-state index in [9.17, 15) is 9.59 Å². The molecule has 128 valence electrons. The highest BCUT2D eigenvalue weighted by molar-refractivity contribution is 5.85. The van der Waals surface area contributed by atoms with Gasteiger partial charge in [0.25, 0.3) is 6.47 Å². The first-order valence-corrected chi connectivity index (χ1v) is 7.26. The van der Waals surface area contributed by atoms with Crippen LogP contribution in [0.25, 0.3) is 0 Å². The summed E-state index contributed by atoms with van der Waals surface area (Å²) in [6.07, 6.45) is 2.24. The molecule has 1 aromatic rings. The van der Waals surface area contributed by atoms with Crippen LogP contribution in [0.5, 0.6) is 0 Å². The summed E-state index contributed by atoms with van der Waals surface area (Å²) >= 11 is 0. The molecule has 0 saturated carbocycles. The number of rotatable bonds is 5. The van der Waals surface area contributed by atoms with E-state index >= 15 is 0 Å². The predicted octanol–water partition coefficient (Wildman–Crippen LogP) is 1.17. The van der Waals surface area contributed by atoms with Crippen LogP contribution in [0, 0.1) is 0 Å². The van der Waals surface area contributed by atoms with E-state index in [1.54, 1.807) is 6.07 Å². The zero-order valence-electron chi connectivity index (χ0n) is 13.2. The van der Waals surface area contributed by atoms with Crippen molar-refractivity contribution < 1.29 is 29.0 Å². The van der Waals surface area contributed by atoms with Crippen molar-refractivity contribution in [2.45, 2.75) is 38.8 Å². The number of likely N-dealkylation sites (tertiary alicyclic amines) is 1. The molecule has 2 rings (SSSR count). The molecule has 1 amide bonds. The summed E-state index contributed by atoms with van der Waals surface area (Å²) in [5, 5.41) is 18.5. The first kappa shape index (κ1) is 18.7. The molecule has 0 radical (unpaired) electrons. The molecule has 0 unspecified atom stereocenters. The van der Waals surface area contributed by atoms with Crippen molar-refractivity contribution in [1.82, 2.24) is 10.2 Å². The average Bonchev–Trinajstić information content (AvgIpc) is 3.17. The Morgan fingerprint density at radius 2 is 1.91 bits per heavy atom. The number of furan rings is 1. The zero-order valence-corrected chi connectivity index (χ0v) is 13.2. The summed E-state index contributed by atoms with van der Waals surface area (Å²) in [7, 11) is 0. The standard InChI is InChI=1S/C14H20N2O4.CH2O2/c1-14(2,16-7-3-4-8-16)13(19)15-9-10-5-6-11(20-10)12(17)18;2-1-3/h5-6H,3-4,7-9H2,1-2H3,(H,15,19)(H,17,18);1H,(H,2,3). The molecular weight excluding hydrogens is 304 g/mol. The van der Waals surface area contributed by atoms with E-state index in [0.29, 0.717) is 5.76 Å². The monoisotopic (exact) mass is 326 g/mol. The quantitative estimate of drug-likeness (QED) is 0.695. The highest BCUT2D eigenvalue weighted by Crippen LogP contribution is 2.21. The number of carbonyl (C=O) groups excluding carboxylic acids is 1. The minimum atomic E-state index is -1.11. The number of amides is 1. The van der Waals surface area contributed by atoms with Gasteiger partial charge in [-0.05, 0) is 51.9 Å². The second kappa shape index (κ2) is 8.33. The van der Waals surface area contributed by atoms with Gasteiger partial charge in [0.1, 0.15) is 5.76 Å². The Hall–Kier alpha value is -2.35. The first-order valence-electron chi connectivity index (χ1n) is 7.26. The van der Waals surface area contributed by atoms with Crippen LogP contribution in [0.3, 0.4) is 0 Å². The largest absolute Gasteiger partial charge is 0.483 e. The van der Waals surface area contributed by atoms with Crippen molar-refractivity contribution in [3.8, 4) is 0 Å². The van der Waals surface area contributed by atoms with Crippen LogP contribution in [0.4, 0.5) is 0 Å². The van der Waals surface area contributed by atoms with Crippen molar-refractivity contribution in [3.05, 3.63) is 23.7 Å². The van der Waals surface area contributed by atoms with Crippen molar-refractivity contribution >= 4 is 18.3 Å². The SMILES string of the molecule is CC(C)(C(=O)NCc1ccc(C(=O)O)o1)N1CCCC1.O=CO. The fourth-order valence-corrected chi connectivity index (χ4v) is 2.39. The van der Waals surface area contributed by atoms with Crippen LogP contribution in [-0.2, 0) is 16.1 Å². The van der Waals surface area contributed by atoms with E-state index in [1.165, 1.54) is 6.07 Å². The number of nitrogens with zero attached hydrogens (tertiary/aromatic N) is 1. The van der Waals surface area contributed by atoms with Gasteiger partial charge in [-0.1, -0.05) is 0 Å². The Balaban J connectivity index is 0.000000816. The summed E-state index contributed by atoms with van der Waals surface area (Å²) in [5.74, 6) is -0.867. The zero-order chi connectivity index (χ0) is 17.5. The Morgan fingerprint density at radius 3 is 2.39 bits per heavy atom. The van der Waals surface area contributed by atoms with Crippen LogP contribution in [0.1, 0.15) is 43.0 Å². The minimum absolute atomic E-state index is 0.0762. The Labute approximate surface area is 134 Å². The third-order valence-electron chi connectivity index (χ3n) is 3.75. The molecule has 1 aliphatic heterocycles. The molecule has 0 bridgehead atoms. The minimum Gasteiger partial charge on any atom is -0.483 e. The number of nitrogens with one attached hydrogen (secondary N) is 1. The maximum absolute atomic E-state index is 12.3. The highest BCUT2D eigenvalue weighted by Gasteiger charge is 2.35. The summed E-state index contributed by atoms with van der Waals surface area (Å²) in [4.78, 5) is 33.5. The smallest absolute Gasteiger partial charge is 0.371 e. The molecule has 1 aromatic heterocycles. The normalized spacial score (nSPS) is 14.7. The van der Waals surface area contributed by atoms with Gasteiger partial charge >= 0.3 is 5.97 Å². The van der Waals surface area contributed by atoms with Crippen molar-refractivity contribution in [2.24, 2.45) is 0 Å². The highest BCUT2D eigenvalue weighted by atomic mass is 16.4. The molecule has 0 atom stereocenters. The number of carboxylic acid groups (broad SMARTS) is 2. The molecule has 1 saturated heterocycles. The van der Waals surface area contributed by atoms with Crippen LogP contribution in [0.15, 0.2) is 16.5 Å². The summed E-state index contributed by atoms with van der Waals surface area (Å²) < 4.78 is 5.11. The van der Waals surface area contributed by atoms with E-state index < -0.39 is 11.5 Å². The molecule has 2 heterocycles. The molecule has 1 fully saturated rings. The van der Waals surface area contributed by atoms with Crippen molar-refractivity contribution in [1.29, 1.82) is 0 Å². The lowest BCUT2D eigenvalue weighted by Gasteiger charge is -2.33. The summed E-state index contributed by atoms with van der Waals surface area (Å²) in [5.41, 5.74) is -0.557. The van der Waals surface area contributed by atoms with Crippen LogP contribution in [0.2, 0.25) is 0 Å². The van der Waals surface area contributed by atoms with Gasteiger partial charge in [-0.3, -0.25) is 14.5 Å². The fraction of sp³-hybridized carbons (Fsp3) is 0.533. The summed E-state index contributed by atoms with van der Waals surface area (Å²) in [6, 6.07) is 2.95. The van der Waals surface area contributed by atoms with Crippen LogP contribution < -0.4 is 5.32 Å². The van der Waals surface area contributed by atoms with E-state index in [0.717, 1.165) is 25.9 Å². The molecule has 3 N–H and O–H groups in total. The van der Waals surface area contributed by atoms with Gasteiger partial charge in [-0.15, -0.1) is 0 Å². The second-order valence-corrected chi connectivity index (χ2v) is 5.61. The first-order chi connectivity index (χ1) is 10.8. The maximum Gasteiger partial charge on any atom is 0.371 e. The van der Waals surface area contributed by atoms with E-state index in [4.69, 9.17) is 19.4 Å². The van der Waals surface area contributed by atoms with Gasteiger partial charge < -0.3 is 19.9 Å². The lowest BCUT2D eigenvalue weighted by atomic mass is 10.0. The molecule has 8 heteroatoms. The molecule has 0 aromatic carbocycles. The third-order valence-corrected chi connectivity index (χ3v) is 3.75. The lowest BCUT2D eigenvalue weighted by molar-refractivity contribution is -0.131. The van der Waals surface area contributed by atoms with Gasteiger partial charge in [-0.25, -0.2) is 4.79 Å². The second-order valence-electron chi connectivity index (χ2n) is 5.61. The Morgan fingerprint density at radius 1 is 1.35 bits per heavy atom. The van der Waals surface area contributed by atoms with E-state index in [1.807, 2.05) is 13.8 Å². The molecule has 1 aliphatic rings. The van der Waals surface area contributed by atoms with Gasteiger partial charge in [0.05, 0.1) is 12.1 Å². The lowest BCUT2D eigenvalue weighted by Crippen LogP contribution is -2.53. The van der Waals surface area contributed by atoms with Gasteiger partial charge in [0.2, 0.25) is 11.7 Å². The van der Waals surface area contributed by atoms with E-state index in [2.05, 4.69) is 10.2 Å². The molecule has 23 heavy (non-hydrogen) atoms. The van der Waals surface area contributed by atoms with Crippen LogP contribution >= 0.6 is 0 Å². The van der Waals surface area contributed by atoms with Crippen molar-refractivity contribution in [3.63, 3.8) is 0 Å². The fourth-order valence-electron chi connectivity index (χ4n) is 2.39. The van der Waals surface area contributed by atoms with Gasteiger partial charge in [0, 0.05) is 0 Å². The van der Waals surface area contributed by atoms with Gasteiger partial charge in [0.15, 0.2) is 0 Å². The molecule has 0 spiro atoms. The number of carboxylic acids is 1. The maximum atomic E-state index is 12.3. The van der Waals surface area contributed by atoms with Crippen LogP contribution in [-0.4, -0.2) is 52.1 Å². The number of hydrogen-bond acceptors (Lipinski definition) is 5. The molecular formula is C15H22N2O6. The third kappa shape index (κ3) is 5.10. The van der Waals surface area contributed by atoms with E-state index in [-0.39, 0.29) is 24.7 Å². The number of hydrogen-bond donors (Lipinski definition) is 3. The Bertz CT molecular complexity index is 546. The number of aromatic carboxylic acids is 1. The molecule has 8 nitrogen and oxygen atoms in total. The summed E-state index contributed by atoms with van der Waals surface area (Å²) in [6.45, 7) is 5.62. The average molecular weight is 326 g/mol. The molecule has 0 aliphatic carbocycles. The van der Waals surface area contributed by atoms with Gasteiger partial charge in [-0.2, -0.15) is 0 Å².